The Balaban J connectivity index is 1.07. The molecule has 0 amide bonds. The van der Waals surface area contributed by atoms with E-state index in [0.29, 0.717) is 0 Å². The number of carbonyl (C=O) groups excluding carboxylic acids is 1. The molecule has 3 aromatic heterocycles. The van der Waals surface area contributed by atoms with Crippen LogP contribution in [0.25, 0.3) is 38.1 Å². The van der Waals surface area contributed by atoms with Crippen molar-refractivity contribution in [3.05, 3.63) is 270 Å². The molecule has 0 radical (unpaired) electrons. The van der Waals surface area contributed by atoms with Crippen LogP contribution in [-0.2, 0) is 0 Å². The molecule has 3 nitrogen and oxygen atoms in total. The number of aromatic nitrogens is 2. The third kappa shape index (κ3) is 3.47. The minimum Gasteiger partial charge on any atom is -0.306 e. The van der Waals surface area contributed by atoms with Crippen LogP contribution in [0.15, 0.2) is 170 Å². The Kier molecular flexibility index (Phi) is 5.46. The molecule has 6 bridgehead atoms. The highest BCUT2D eigenvalue weighted by Gasteiger charge is 2.48. The summed E-state index contributed by atoms with van der Waals surface area (Å²) >= 11 is 0. The molecule has 290 valence electrons. The molecule has 9 aliphatic rings. The Bertz CT molecular complexity index is 3860. The van der Waals surface area contributed by atoms with Gasteiger partial charge in [-0.2, -0.15) is 0 Å². The number of nitrogens with zero attached hydrogens (tertiary/aromatic N) is 2. The van der Waals surface area contributed by atoms with Gasteiger partial charge in [0.15, 0.2) is 5.78 Å². The Morgan fingerprint density at radius 1 is 0.365 bits per heavy atom. The van der Waals surface area contributed by atoms with E-state index in [1.807, 2.05) is 0 Å². The summed E-state index contributed by atoms with van der Waals surface area (Å²) in [6.07, 6.45) is 2.19. The van der Waals surface area contributed by atoms with E-state index in [4.69, 9.17) is 4.98 Å². The second-order valence-corrected chi connectivity index (χ2v) is 19.0. The maximum absolute atomic E-state index is 15.4. The lowest BCUT2D eigenvalue weighted by Gasteiger charge is -2.43. The molecular weight excluding hydrogens is 765 g/mol. The SMILES string of the molecule is O=C1c2cc3c(cc2C2c4ccccc4C1c1ccccc12)c1cc2c(c4c5c6c(ncc5n3c14)C1c3ccccc3C6c3ccccc31)C1c3ccccc3C2c2ccccc21. The molecule has 0 fully saturated rings. The van der Waals surface area contributed by atoms with Gasteiger partial charge in [-0.3, -0.25) is 9.78 Å². The summed E-state index contributed by atoms with van der Waals surface area (Å²) in [5.41, 5.74) is 26.9. The number of fused-ring (bicyclic) bond motifs is 6. The quantitative estimate of drug-likeness (QED) is 0.153. The van der Waals surface area contributed by atoms with Crippen LogP contribution in [-0.4, -0.2) is 15.2 Å². The second-order valence-electron chi connectivity index (χ2n) is 19.0. The number of hydrogen-bond donors (Lipinski definition) is 0. The average Bonchev–Trinajstić information content (AvgIpc) is 3.80. The fourth-order valence-corrected chi connectivity index (χ4v) is 14.5. The van der Waals surface area contributed by atoms with Crippen molar-refractivity contribution in [2.24, 2.45) is 0 Å². The molecule has 0 atom stereocenters. The zero-order valence-corrected chi connectivity index (χ0v) is 33.9. The molecule has 0 aliphatic heterocycles. The molecule has 63 heavy (non-hydrogen) atoms. The van der Waals surface area contributed by atoms with Gasteiger partial charge in [0.25, 0.3) is 0 Å². The van der Waals surface area contributed by atoms with Crippen molar-refractivity contribution in [3.63, 3.8) is 0 Å². The zero-order valence-electron chi connectivity index (χ0n) is 33.9. The van der Waals surface area contributed by atoms with Gasteiger partial charge in [0.1, 0.15) is 0 Å². The van der Waals surface area contributed by atoms with E-state index in [2.05, 4.69) is 174 Å². The number of ketones is 1. The van der Waals surface area contributed by atoms with Crippen LogP contribution < -0.4 is 0 Å². The topological polar surface area (TPSA) is 34.4 Å². The largest absolute Gasteiger partial charge is 0.306 e. The van der Waals surface area contributed by atoms with E-state index in [9.17, 15) is 0 Å². The van der Waals surface area contributed by atoms with E-state index < -0.39 is 0 Å². The van der Waals surface area contributed by atoms with Gasteiger partial charge in [-0.05, 0) is 107 Å². The summed E-state index contributed by atoms with van der Waals surface area (Å²) in [5, 5.41) is 5.18. The lowest BCUT2D eigenvalue weighted by molar-refractivity contribution is 0.0974. The Hall–Kier alpha value is -7.62. The second kappa shape index (κ2) is 10.7. The number of benzene rings is 8. The van der Waals surface area contributed by atoms with E-state index in [-0.39, 0.29) is 41.3 Å². The molecule has 0 saturated carbocycles. The van der Waals surface area contributed by atoms with Crippen molar-refractivity contribution in [2.75, 3.05) is 0 Å². The minimum atomic E-state index is -0.331. The van der Waals surface area contributed by atoms with Crippen molar-refractivity contribution < 1.29 is 4.79 Å². The lowest BCUT2D eigenvalue weighted by Crippen LogP contribution is -2.29. The fraction of sp³-hybridized carbons (Fsp3) is 0.100. The summed E-state index contributed by atoms with van der Waals surface area (Å²) in [7, 11) is 0. The summed E-state index contributed by atoms with van der Waals surface area (Å²) in [6, 6.07) is 61.4. The van der Waals surface area contributed by atoms with Gasteiger partial charge in [-0.1, -0.05) is 146 Å². The van der Waals surface area contributed by atoms with Gasteiger partial charge in [0.05, 0.1) is 40.3 Å². The predicted molar refractivity (Wildman–Crippen MR) is 248 cm³/mol. The van der Waals surface area contributed by atoms with Crippen LogP contribution in [0.3, 0.4) is 0 Å². The smallest absolute Gasteiger partial charge is 0.175 e. The van der Waals surface area contributed by atoms with E-state index >= 15 is 4.79 Å². The van der Waals surface area contributed by atoms with Crippen molar-refractivity contribution >= 4 is 43.9 Å². The van der Waals surface area contributed by atoms with Gasteiger partial charge >= 0.3 is 0 Å². The van der Waals surface area contributed by atoms with Crippen LogP contribution in [0.1, 0.15) is 141 Å². The normalized spacial score (nSPS) is 22.0. The van der Waals surface area contributed by atoms with E-state index in [1.165, 1.54) is 105 Å². The maximum Gasteiger partial charge on any atom is 0.175 e. The molecule has 3 heterocycles. The van der Waals surface area contributed by atoms with Gasteiger partial charge in [-0.15, -0.1) is 0 Å². The number of hydrogen-bond acceptors (Lipinski definition) is 2. The van der Waals surface area contributed by atoms with Gasteiger partial charge in [-0.25, -0.2) is 0 Å². The lowest BCUT2D eigenvalue weighted by atomic mass is 9.59. The van der Waals surface area contributed by atoms with Crippen LogP contribution in [0.5, 0.6) is 0 Å². The van der Waals surface area contributed by atoms with Crippen LogP contribution in [0.2, 0.25) is 0 Å². The molecular formula is C60H34N2O. The average molecular weight is 799 g/mol. The van der Waals surface area contributed by atoms with Crippen LogP contribution in [0, 0.1) is 0 Å². The van der Waals surface area contributed by atoms with Crippen molar-refractivity contribution in [1.29, 1.82) is 0 Å². The molecule has 0 spiro atoms. The Morgan fingerprint density at radius 2 is 0.778 bits per heavy atom. The third-order valence-electron chi connectivity index (χ3n) is 16.6. The molecule has 0 saturated heterocycles. The highest BCUT2D eigenvalue weighted by atomic mass is 16.1. The number of Topliss-reactive ketones (excluding diaryl/α,β-unsaturated/α-hetero) is 1. The Labute approximate surface area is 362 Å². The van der Waals surface area contributed by atoms with Crippen LogP contribution in [0.4, 0.5) is 0 Å². The van der Waals surface area contributed by atoms with Gasteiger partial charge in [0.2, 0.25) is 0 Å². The first-order valence-electron chi connectivity index (χ1n) is 22.5. The first-order valence-corrected chi connectivity index (χ1v) is 22.5. The summed E-state index contributed by atoms with van der Waals surface area (Å²) in [4.78, 5) is 21.0. The number of rotatable bonds is 0. The summed E-state index contributed by atoms with van der Waals surface area (Å²) in [6.45, 7) is 0. The van der Waals surface area contributed by atoms with Crippen molar-refractivity contribution in [1.82, 2.24) is 9.38 Å². The highest BCUT2D eigenvalue weighted by molar-refractivity contribution is 6.27. The monoisotopic (exact) mass is 798 g/mol. The molecule has 11 aromatic rings. The zero-order chi connectivity index (χ0) is 40.6. The van der Waals surface area contributed by atoms with Crippen molar-refractivity contribution in [3.8, 4) is 0 Å². The van der Waals surface area contributed by atoms with E-state index in [0.717, 1.165) is 33.3 Å². The van der Waals surface area contributed by atoms with Crippen LogP contribution >= 0.6 is 0 Å². The van der Waals surface area contributed by atoms with Crippen molar-refractivity contribution in [2.45, 2.75) is 35.5 Å². The molecule has 8 aromatic carbocycles. The Morgan fingerprint density at radius 3 is 1.29 bits per heavy atom. The number of carbonyl (C=O) groups is 1. The summed E-state index contributed by atoms with van der Waals surface area (Å²) < 4.78 is 2.53. The van der Waals surface area contributed by atoms with Gasteiger partial charge in [0, 0.05) is 50.8 Å². The predicted octanol–water partition coefficient (Wildman–Crippen LogP) is 13.0. The molecule has 3 heteroatoms. The first kappa shape index (κ1) is 32.1. The highest BCUT2D eigenvalue weighted by Crippen LogP contribution is 2.63. The minimum absolute atomic E-state index is 0.0237. The fourth-order valence-electron chi connectivity index (χ4n) is 14.5. The standard InChI is InChI=1S/C60H34N2O/c63-60-44-27-46-41(25-42(44)48-31-15-3-11-23-39(31)53(60)40-24-12-4-16-32(40)48)43-26-45-49-29-13-1-5-17-33(29)50(34-18-6-2-14-30(34)49)54(45)57-55-47(62(46)59(43)57)28-61-58-52-37-21-9-7-19-35(37)51(56(55)58)36-20-8-10-22-38(36)52/h1-28,48-53H. The first-order chi connectivity index (χ1) is 31.2. The third-order valence-corrected chi connectivity index (χ3v) is 16.6. The van der Waals surface area contributed by atoms with E-state index in [1.54, 1.807) is 0 Å². The molecule has 0 unspecified atom stereocenters. The number of pyridine rings is 1. The molecule has 0 N–H and O–H groups in total. The maximum atomic E-state index is 15.4. The molecule has 20 rings (SSSR count). The molecule has 9 aliphatic carbocycles. The summed E-state index contributed by atoms with van der Waals surface area (Å²) in [5.74, 6) is 0.188. The van der Waals surface area contributed by atoms with Gasteiger partial charge < -0.3 is 4.40 Å².